The van der Waals surface area contributed by atoms with Crippen LogP contribution in [-0.2, 0) is 11.2 Å². The van der Waals surface area contributed by atoms with Gasteiger partial charge < -0.3 is 5.32 Å². The van der Waals surface area contributed by atoms with Crippen molar-refractivity contribution in [3.63, 3.8) is 0 Å². The van der Waals surface area contributed by atoms with Crippen LogP contribution in [0.25, 0.3) is 0 Å². The molecule has 0 unspecified atom stereocenters. The molecule has 0 aliphatic rings. The molecule has 0 aliphatic carbocycles. The summed E-state index contributed by atoms with van der Waals surface area (Å²) in [6.07, 6.45) is 8.13. The molecule has 1 heterocycles. The maximum absolute atomic E-state index is 11.9. The molecule has 0 saturated carbocycles. The van der Waals surface area contributed by atoms with E-state index in [1.807, 2.05) is 38.1 Å². The third kappa shape index (κ3) is 4.92. The molecule has 3 nitrogen and oxygen atoms in total. The number of nitrogens with one attached hydrogen (secondary N) is 1. The van der Waals surface area contributed by atoms with Gasteiger partial charge in [0.05, 0.1) is 0 Å². The highest BCUT2D eigenvalue weighted by Gasteiger charge is 2.05. The van der Waals surface area contributed by atoms with E-state index in [-0.39, 0.29) is 5.91 Å². The Morgan fingerprint density at radius 3 is 2.84 bits per heavy atom. The highest BCUT2D eigenvalue weighted by molar-refractivity contribution is 6.04. The van der Waals surface area contributed by atoms with Gasteiger partial charge in [0.15, 0.2) is 0 Å². The molecule has 100 valence electrons. The Bertz CT molecular complexity index is 527. The van der Waals surface area contributed by atoms with Crippen LogP contribution in [0.4, 0.5) is 5.82 Å². The lowest BCUT2D eigenvalue weighted by atomic mass is 10.2. The number of aryl methyl sites for hydroxylation is 1. The van der Waals surface area contributed by atoms with Crippen LogP contribution in [0.3, 0.4) is 0 Å². The van der Waals surface area contributed by atoms with E-state index >= 15 is 0 Å². The van der Waals surface area contributed by atoms with Crippen LogP contribution in [0.15, 0.2) is 54.3 Å². The highest BCUT2D eigenvalue weighted by atomic mass is 16.1. The number of anilines is 1. The Morgan fingerprint density at radius 2 is 2.21 bits per heavy atom. The summed E-state index contributed by atoms with van der Waals surface area (Å²) in [5.41, 5.74) is 2.63. The minimum absolute atomic E-state index is 0.235. The Morgan fingerprint density at radius 1 is 1.47 bits per heavy atom. The molecular weight excluding hydrogens is 236 g/mol. The topological polar surface area (TPSA) is 42.0 Å². The molecule has 1 aromatic rings. The minimum Gasteiger partial charge on any atom is -0.307 e. The van der Waals surface area contributed by atoms with E-state index in [2.05, 4.69) is 23.8 Å². The second kappa shape index (κ2) is 7.31. The van der Waals surface area contributed by atoms with Crippen LogP contribution in [0, 0.1) is 0 Å². The molecule has 19 heavy (non-hydrogen) atoms. The highest BCUT2D eigenvalue weighted by Crippen LogP contribution is 2.09. The van der Waals surface area contributed by atoms with Crippen molar-refractivity contribution in [1.82, 2.24) is 4.98 Å². The second-order valence-corrected chi connectivity index (χ2v) is 4.25. The monoisotopic (exact) mass is 256 g/mol. The number of pyridine rings is 1. The molecule has 0 spiro atoms. The summed E-state index contributed by atoms with van der Waals surface area (Å²) in [5, 5.41) is 2.74. The van der Waals surface area contributed by atoms with Crippen molar-refractivity contribution in [3.8, 4) is 0 Å². The maximum Gasteiger partial charge on any atom is 0.256 e. The third-order valence-corrected chi connectivity index (χ3v) is 2.77. The Kier molecular flexibility index (Phi) is 5.73. The van der Waals surface area contributed by atoms with Crippen molar-refractivity contribution < 1.29 is 4.79 Å². The van der Waals surface area contributed by atoms with Gasteiger partial charge in [0.2, 0.25) is 0 Å². The number of amides is 1. The van der Waals surface area contributed by atoms with Gasteiger partial charge in [-0.2, -0.15) is 0 Å². The SMILES string of the molecule is C=C(C=CC(C)=CC)C(=O)Nc1cc(CC)ccn1. The van der Waals surface area contributed by atoms with Gasteiger partial charge >= 0.3 is 0 Å². The molecule has 0 fully saturated rings. The zero-order valence-electron chi connectivity index (χ0n) is 11.7. The molecule has 0 radical (unpaired) electrons. The molecule has 0 aromatic carbocycles. The number of nitrogens with zero attached hydrogens (tertiary/aromatic N) is 1. The summed E-state index contributed by atoms with van der Waals surface area (Å²) in [7, 11) is 0. The first-order valence-corrected chi connectivity index (χ1v) is 6.33. The molecule has 0 aliphatic heterocycles. The fraction of sp³-hybridized carbons (Fsp3) is 0.250. The normalized spacial score (nSPS) is 11.6. The summed E-state index contributed by atoms with van der Waals surface area (Å²) >= 11 is 0. The molecule has 0 atom stereocenters. The number of carbonyl (C=O) groups is 1. The zero-order chi connectivity index (χ0) is 14.3. The summed E-state index contributed by atoms with van der Waals surface area (Å²) in [6.45, 7) is 9.72. The lowest BCUT2D eigenvalue weighted by Crippen LogP contribution is -2.13. The smallest absolute Gasteiger partial charge is 0.256 e. The second-order valence-electron chi connectivity index (χ2n) is 4.25. The lowest BCUT2D eigenvalue weighted by Gasteiger charge is -2.05. The first-order valence-electron chi connectivity index (χ1n) is 6.33. The van der Waals surface area contributed by atoms with Crippen molar-refractivity contribution in [3.05, 3.63) is 59.8 Å². The van der Waals surface area contributed by atoms with Gasteiger partial charge in [-0.1, -0.05) is 31.2 Å². The van der Waals surface area contributed by atoms with Crippen molar-refractivity contribution in [1.29, 1.82) is 0 Å². The fourth-order valence-corrected chi connectivity index (χ4v) is 1.36. The predicted molar refractivity (Wildman–Crippen MR) is 80.0 cm³/mol. The molecule has 0 bridgehead atoms. The van der Waals surface area contributed by atoms with Gasteiger partial charge in [0.1, 0.15) is 5.82 Å². The zero-order valence-corrected chi connectivity index (χ0v) is 11.7. The van der Waals surface area contributed by atoms with Crippen LogP contribution in [-0.4, -0.2) is 10.9 Å². The summed E-state index contributed by atoms with van der Waals surface area (Å²) in [5.74, 6) is 0.322. The van der Waals surface area contributed by atoms with Crippen LogP contribution < -0.4 is 5.32 Å². The van der Waals surface area contributed by atoms with E-state index in [4.69, 9.17) is 0 Å². The molecule has 1 N–H and O–H groups in total. The molecule has 1 aromatic heterocycles. The van der Waals surface area contributed by atoms with Crippen molar-refractivity contribution in [2.24, 2.45) is 0 Å². The molecule has 1 rings (SSSR count). The van der Waals surface area contributed by atoms with Crippen LogP contribution in [0.2, 0.25) is 0 Å². The number of carbonyl (C=O) groups excluding carboxylic acids is 1. The quantitative estimate of drug-likeness (QED) is 0.645. The average molecular weight is 256 g/mol. The average Bonchev–Trinajstić information content (AvgIpc) is 2.44. The van der Waals surface area contributed by atoms with Gasteiger partial charge in [-0.25, -0.2) is 4.98 Å². The first-order chi connectivity index (χ1) is 9.06. The van der Waals surface area contributed by atoms with Gasteiger partial charge in [-0.15, -0.1) is 0 Å². The van der Waals surface area contributed by atoms with E-state index in [1.165, 1.54) is 0 Å². The molecule has 1 amide bonds. The van der Waals surface area contributed by atoms with Crippen LogP contribution in [0.1, 0.15) is 26.3 Å². The van der Waals surface area contributed by atoms with E-state index in [0.29, 0.717) is 11.4 Å². The van der Waals surface area contributed by atoms with Crippen molar-refractivity contribution >= 4 is 11.7 Å². The fourth-order valence-electron chi connectivity index (χ4n) is 1.36. The number of rotatable bonds is 5. The predicted octanol–water partition coefficient (Wildman–Crippen LogP) is 3.66. The Hall–Kier alpha value is -2.16. The molecular formula is C16H20N2O. The van der Waals surface area contributed by atoms with Crippen LogP contribution in [0.5, 0.6) is 0 Å². The molecule has 3 heteroatoms. The van der Waals surface area contributed by atoms with Gasteiger partial charge in [0.25, 0.3) is 5.91 Å². The van der Waals surface area contributed by atoms with Gasteiger partial charge in [-0.3, -0.25) is 4.79 Å². The number of hydrogen-bond donors (Lipinski definition) is 1. The van der Waals surface area contributed by atoms with Gasteiger partial charge in [-0.05, 0) is 44.0 Å². The van der Waals surface area contributed by atoms with E-state index in [1.54, 1.807) is 12.3 Å². The number of hydrogen-bond acceptors (Lipinski definition) is 2. The Labute approximate surface area is 114 Å². The number of allylic oxidation sites excluding steroid dienone is 3. The lowest BCUT2D eigenvalue weighted by molar-refractivity contribution is -0.112. The summed E-state index contributed by atoms with van der Waals surface area (Å²) in [6, 6.07) is 3.80. The largest absolute Gasteiger partial charge is 0.307 e. The first kappa shape index (κ1) is 14.9. The third-order valence-electron chi connectivity index (χ3n) is 2.77. The summed E-state index contributed by atoms with van der Waals surface area (Å²) in [4.78, 5) is 16.0. The maximum atomic E-state index is 11.9. The van der Waals surface area contributed by atoms with Crippen molar-refractivity contribution in [2.45, 2.75) is 27.2 Å². The van der Waals surface area contributed by atoms with Crippen molar-refractivity contribution in [2.75, 3.05) is 5.32 Å². The standard InChI is InChI=1S/C16H20N2O/c1-5-12(3)7-8-13(4)16(19)18-15-11-14(6-2)9-10-17-15/h5,7-11H,4,6H2,1-3H3,(H,17,18,19). The van der Waals surface area contributed by atoms with Gasteiger partial charge in [0, 0.05) is 11.8 Å². The molecule has 0 saturated heterocycles. The van der Waals surface area contributed by atoms with Crippen LogP contribution >= 0.6 is 0 Å². The van der Waals surface area contributed by atoms with E-state index in [9.17, 15) is 4.79 Å². The Balaban J connectivity index is 2.68. The van der Waals surface area contributed by atoms with E-state index in [0.717, 1.165) is 17.6 Å². The number of aromatic nitrogens is 1. The minimum atomic E-state index is -0.235. The summed E-state index contributed by atoms with van der Waals surface area (Å²) < 4.78 is 0. The van der Waals surface area contributed by atoms with E-state index < -0.39 is 0 Å².